The first-order valence-corrected chi connectivity index (χ1v) is 6.83. The molecule has 1 aliphatic carbocycles. The molecular formula is C15H26O. The van der Waals surface area contributed by atoms with Crippen LogP contribution in [0.4, 0.5) is 0 Å². The maximum atomic E-state index is 11.6. The van der Waals surface area contributed by atoms with E-state index >= 15 is 0 Å². The van der Waals surface area contributed by atoms with Gasteiger partial charge in [0.15, 0.2) is 0 Å². The van der Waals surface area contributed by atoms with E-state index in [9.17, 15) is 4.79 Å². The minimum Gasteiger partial charge on any atom is -0.299 e. The highest BCUT2D eigenvalue weighted by molar-refractivity contribution is 5.80. The van der Waals surface area contributed by atoms with Gasteiger partial charge in [-0.1, -0.05) is 38.8 Å². The van der Waals surface area contributed by atoms with Crippen molar-refractivity contribution in [1.82, 2.24) is 0 Å². The van der Waals surface area contributed by atoms with E-state index in [2.05, 4.69) is 26.8 Å². The molecule has 1 aliphatic rings. The summed E-state index contributed by atoms with van der Waals surface area (Å²) in [6, 6.07) is 0. The monoisotopic (exact) mass is 222 g/mol. The molecule has 1 atom stereocenters. The van der Waals surface area contributed by atoms with Crippen LogP contribution in [0, 0.1) is 11.8 Å². The Morgan fingerprint density at radius 1 is 1.50 bits per heavy atom. The molecule has 0 heterocycles. The molecular weight excluding hydrogens is 196 g/mol. The standard InChI is InChI=1S/C15H26O/c1-4-5-6-15(16)11-13-7-9-14(10-8-13)12(2)3/h7,12,14H,4-6,8-11H2,1-3H3. The topological polar surface area (TPSA) is 17.1 Å². The van der Waals surface area contributed by atoms with Gasteiger partial charge in [-0.3, -0.25) is 4.79 Å². The normalized spacial score (nSPS) is 21.0. The van der Waals surface area contributed by atoms with Crippen molar-refractivity contribution in [1.29, 1.82) is 0 Å². The van der Waals surface area contributed by atoms with Crippen LogP contribution in [0.15, 0.2) is 11.6 Å². The molecule has 0 fully saturated rings. The third-order valence-electron chi connectivity index (χ3n) is 3.72. The number of carbonyl (C=O) groups excluding carboxylic acids is 1. The Bertz CT molecular complexity index is 250. The van der Waals surface area contributed by atoms with Gasteiger partial charge in [0.2, 0.25) is 0 Å². The molecule has 1 heteroatoms. The van der Waals surface area contributed by atoms with E-state index in [1.807, 2.05) is 0 Å². The Labute approximate surface area is 100 Å². The van der Waals surface area contributed by atoms with Crippen molar-refractivity contribution in [3.8, 4) is 0 Å². The Morgan fingerprint density at radius 2 is 2.25 bits per heavy atom. The second kappa shape index (κ2) is 6.88. The van der Waals surface area contributed by atoms with Crippen molar-refractivity contribution in [2.24, 2.45) is 11.8 Å². The summed E-state index contributed by atoms with van der Waals surface area (Å²) in [5.74, 6) is 2.07. The Morgan fingerprint density at radius 3 is 2.75 bits per heavy atom. The van der Waals surface area contributed by atoms with Crippen molar-refractivity contribution in [2.45, 2.75) is 65.7 Å². The van der Waals surface area contributed by atoms with Crippen molar-refractivity contribution in [3.63, 3.8) is 0 Å². The summed E-state index contributed by atoms with van der Waals surface area (Å²) < 4.78 is 0. The molecule has 0 aromatic heterocycles. The molecule has 1 nitrogen and oxygen atoms in total. The van der Waals surface area contributed by atoms with Gasteiger partial charge in [0.25, 0.3) is 0 Å². The second-order valence-corrected chi connectivity index (χ2v) is 5.46. The van der Waals surface area contributed by atoms with E-state index in [4.69, 9.17) is 0 Å². The molecule has 1 unspecified atom stereocenters. The third-order valence-corrected chi connectivity index (χ3v) is 3.72. The number of carbonyl (C=O) groups is 1. The molecule has 0 spiro atoms. The van der Waals surface area contributed by atoms with Crippen LogP contribution in [0.5, 0.6) is 0 Å². The van der Waals surface area contributed by atoms with E-state index in [1.54, 1.807) is 0 Å². The number of rotatable bonds is 6. The smallest absolute Gasteiger partial charge is 0.136 e. The highest BCUT2D eigenvalue weighted by Crippen LogP contribution is 2.30. The lowest BCUT2D eigenvalue weighted by Crippen LogP contribution is -2.13. The van der Waals surface area contributed by atoms with Gasteiger partial charge in [-0.2, -0.15) is 0 Å². The fraction of sp³-hybridized carbons (Fsp3) is 0.800. The summed E-state index contributed by atoms with van der Waals surface area (Å²) >= 11 is 0. The van der Waals surface area contributed by atoms with Gasteiger partial charge in [-0.25, -0.2) is 0 Å². The van der Waals surface area contributed by atoms with Crippen molar-refractivity contribution in [3.05, 3.63) is 11.6 Å². The Kier molecular flexibility index (Phi) is 5.79. The summed E-state index contributed by atoms with van der Waals surface area (Å²) in [6.45, 7) is 6.74. The highest BCUT2D eigenvalue weighted by atomic mass is 16.1. The fourth-order valence-corrected chi connectivity index (χ4v) is 2.39. The van der Waals surface area contributed by atoms with E-state index in [0.717, 1.165) is 43.9 Å². The second-order valence-electron chi connectivity index (χ2n) is 5.46. The zero-order chi connectivity index (χ0) is 12.0. The Balaban J connectivity index is 2.32. The van der Waals surface area contributed by atoms with Crippen LogP contribution in [0.1, 0.15) is 65.7 Å². The zero-order valence-corrected chi connectivity index (χ0v) is 11.1. The SMILES string of the molecule is CCCCC(=O)CC1=CCC(C(C)C)CC1. The molecule has 0 N–H and O–H groups in total. The van der Waals surface area contributed by atoms with E-state index in [-0.39, 0.29) is 0 Å². The summed E-state index contributed by atoms with van der Waals surface area (Å²) in [4.78, 5) is 11.6. The largest absolute Gasteiger partial charge is 0.299 e. The molecule has 0 amide bonds. The van der Waals surface area contributed by atoms with Crippen LogP contribution in [-0.4, -0.2) is 5.78 Å². The maximum absolute atomic E-state index is 11.6. The van der Waals surface area contributed by atoms with E-state index in [0.29, 0.717) is 5.78 Å². The molecule has 0 saturated carbocycles. The van der Waals surface area contributed by atoms with Crippen molar-refractivity contribution in [2.75, 3.05) is 0 Å². The minimum absolute atomic E-state index is 0.441. The van der Waals surface area contributed by atoms with Crippen LogP contribution < -0.4 is 0 Å². The van der Waals surface area contributed by atoms with Crippen LogP contribution in [0.2, 0.25) is 0 Å². The number of allylic oxidation sites excluding steroid dienone is 2. The third kappa shape index (κ3) is 4.51. The van der Waals surface area contributed by atoms with Gasteiger partial charge in [0.05, 0.1) is 0 Å². The van der Waals surface area contributed by atoms with Gasteiger partial charge < -0.3 is 0 Å². The number of Topliss-reactive ketones (excluding diaryl/α,β-unsaturated/α-hetero) is 1. The molecule has 1 rings (SSSR count). The number of ketones is 1. The average Bonchev–Trinajstić information content (AvgIpc) is 2.27. The fourth-order valence-electron chi connectivity index (χ4n) is 2.39. The van der Waals surface area contributed by atoms with Gasteiger partial charge in [0, 0.05) is 12.8 Å². The van der Waals surface area contributed by atoms with Crippen LogP contribution in [-0.2, 0) is 4.79 Å². The highest BCUT2D eigenvalue weighted by Gasteiger charge is 2.18. The zero-order valence-electron chi connectivity index (χ0n) is 11.1. The summed E-state index contributed by atoms with van der Waals surface area (Å²) in [5.41, 5.74) is 1.40. The van der Waals surface area contributed by atoms with Crippen LogP contribution >= 0.6 is 0 Å². The maximum Gasteiger partial charge on any atom is 0.136 e. The lowest BCUT2D eigenvalue weighted by molar-refractivity contribution is -0.118. The lowest BCUT2D eigenvalue weighted by atomic mass is 9.81. The van der Waals surface area contributed by atoms with Gasteiger partial charge in [-0.05, 0) is 37.5 Å². The molecule has 0 bridgehead atoms. The van der Waals surface area contributed by atoms with E-state index < -0.39 is 0 Å². The summed E-state index contributed by atoms with van der Waals surface area (Å²) in [7, 11) is 0. The Hall–Kier alpha value is -0.590. The molecule has 0 aliphatic heterocycles. The van der Waals surface area contributed by atoms with E-state index in [1.165, 1.54) is 18.4 Å². The van der Waals surface area contributed by atoms with Gasteiger partial charge in [0.1, 0.15) is 5.78 Å². The summed E-state index contributed by atoms with van der Waals surface area (Å²) in [5, 5.41) is 0. The molecule has 0 aromatic rings. The predicted octanol–water partition coefficient (Wildman–Crippen LogP) is 4.52. The first kappa shape index (κ1) is 13.5. The van der Waals surface area contributed by atoms with Crippen molar-refractivity contribution < 1.29 is 4.79 Å². The number of hydrogen-bond donors (Lipinski definition) is 0. The van der Waals surface area contributed by atoms with Crippen LogP contribution in [0.25, 0.3) is 0 Å². The molecule has 0 aromatic carbocycles. The minimum atomic E-state index is 0.441. The predicted molar refractivity (Wildman–Crippen MR) is 69.4 cm³/mol. The molecule has 16 heavy (non-hydrogen) atoms. The molecule has 92 valence electrons. The van der Waals surface area contributed by atoms with Gasteiger partial charge >= 0.3 is 0 Å². The molecule has 0 saturated heterocycles. The lowest BCUT2D eigenvalue weighted by Gasteiger charge is -2.24. The number of unbranched alkanes of at least 4 members (excludes halogenated alkanes) is 1. The molecule has 0 radical (unpaired) electrons. The average molecular weight is 222 g/mol. The van der Waals surface area contributed by atoms with Crippen LogP contribution in [0.3, 0.4) is 0 Å². The number of hydrogen-bond acceptors (Lipinski definition) is 1. The first-order chi connectivity index (χ1) is 7.63. The van der Waals surface area contributed by atoms with Gasteiger partial charge in [-0.15, -0.1) is 0 Å². The summed E-state index contributed by atoms with van der Waals surface area (Å²) in [6.07, 6.45) is 9.64. The van der Waals surface area contributed by atoms with Crippen molar-refractivity contribution >= 4 is 5.78 Å². The first-order valence-electron chi connectivity index (χ1n) is 6.83. The quantitative estimate of drug-likeness (QED) is 0.604.